The second kappa shape index (κ2) is 9.59. The molecule has 1 aromatic carbocycles. The second-order valence-electron chi connectivity index (χ2n) is 7.15. The first-order valence-electron chi connectivity index (χ1n) is 9.54. The first-order chi connectivity index (χ1) is 16.5. The van der Waals surface area contributed by atoms with Crippen molar-refractivity contribution in [3.63, 3.8) is 0 Å². The van der Waals surface area contributed by atoms with Gasteiger partial charge in [0.15, 0.2) is 5.82 Å². The van der Waals surface area contributed by atoms with Crippen LogP contribution in [0, 0.1) is 0 Å². The maximum absolute atomic E-state index is 13.1. The van der Waals surface area contributed by atoms with Gasteiger partial charge in [-0.2, -0.15) is 44.2 Å². The molecule has 3 aromatic rings. The number of carbonyl (C=O) groups is 1. The number of carbonyl (C=O) groups excluding carboxylic acids is 1. The van der Waals surface area contributed by atoms with E-state index >= 15 is 0 Å². The molecule has 194 valence electrons. The first kappa shape index (κ1) is 27.2. The summed E-state index contributed by atoms with van der Waals surface area (Å²) in [6, 6.07) is 0.464. The van der Waals surface area contributed by atoms with Gasteiger partial charge in [-0.05, 0) is 31.2 Å². The van der Waals surface area contributed by atoms with Crippen molar-refractivity contribution in [2.45, 2.75) is 36.0 Å². The zero-order valence-electron chi connectivity index (χ0n) is 17.9. The van der Waals surface area contributed by atoms with E-state index < -0.39 is 69.2 Å². The molecule has 2 heterocycles. The number of benzene rings is 1. The molecule has 0 aliphatic heterocycles. The van der Waals surface area contributed by atoms with Crippen LogP contribution in [0.15, 0.2) is 41.8 Å². The van der Waals surface area contributed by atoms with E-state index in [9.17, 15) is 44.3 Å². The maximum atomic E-state index is 13.1. The second-order valence-corrected chi connectivity index (χ2v) is 8.18. The van der Waals surface area contributed by atoms with Crippen molar-refractivity contribution >= 4 is 17.7 Å². The summed E-state index contributed by atoms with van der Waals surface area (Å²) >= 11 is -0.658. The number of aromatic nitrogens is 5. The van der Waals surface area contributed by atoms with E-state index in [-0.39, 0.29) is 24.1 Å². The molecule has 0 bridgehead atoms. The molecular formula is C19H13F9N6OS. The lowest BCUT2D eigenvalue weighted by atomic mass is 10.0. The molecule has 7 nitrogen and oxygen atoms in total. The first-order valence-corrected chi connectivity index (χ1v) is 10.4. The average molecular weight is 544 g/mol. The highest BCUT2D eigenvalue weighted by Gasteiger charge is 2.39. The number of rotatable bonds is 5. The average Bonchev–Trinajstić information content (AvgIpc) is 3.18. The molecule has 0 aliphatic carbocycles. The van der Waals surface area contributed by atoms with Crippen LogP contribution >= 0.6 is 11.8 Å². The zero-order chi connectivity index (χ0) is 27.1. The van der Waals surface area contributed by atoms with Gasteiger partial charge in [0.25, 0.3) is 11.9 Å². The molecule has 0 saturated heterocycles. The number of halogens is 9. The lowest BCUT2D eigenvalue weighted by Crippen LogP contribution is -2.31. The van der Waals surface area contributed by atoms with Crippen LogP contribution in [0.1, 0.15) is 40.3 Å². The van der Waals surface area contributed by atoms with Crippen LogP contribution in [0.5, 0.6) is 0 Å². The molecule has 36 heavy (non-hydrogen) atoms. The van der Waals surface area contributed by atoms with Gasteiger partial charge in [-0.25, -0.2) is 15.0 Å². The Kier molecular flexibility index (Phi) is 7.25. The van der Waals surface area contributed by atoms with E-state index in [1.54, 1.807) is 0 Å². The Morgan fingerprint density at radius 3 is 1.94 bits per heavy atom. The molecule has 1 unspecified atom stereocenters. The molecule has 0 N–H and O–H groups in total. The van der Waals surface area contributed by atoms with E-state index in [2.05, 4.69) is 20.1 Å². The van der Waals surface area contributed by atoms with E-state index in [1.807, 2.05) is 0 Å². The monoisotopic (exact) mass is 544 g/mol. The molecule has 0 fully saturated rings. The van der Waals surface area contributed by atoms with E-state index in [0.29, 0.717) is 9.58 Å². The van der Waals surface area contributed by atoms with Gasteiger partial charge >= 0.3 is 17.9 Å². The summed E-state index contributed by atoms with van der Waals surface area (Å²) < 4.78 is 119. The molecule has 3 rings (SSSR count). The molecule has 0 radical (unpaired) electrons. The van der Waals surface area contributed by atoms with Crippen LogP contribution < -0.4 is 0 Å². The Morgan fingerprint density at radius 2 is 1.47 bits per heavy atom. The molecule has 0 saturated carbocycles. The molecular weight excluding hydrogens is 531 g/mol. The smallest absolute Gasteiger partial charge is 0.332 e. The van der Waals surface area contributed by atoms with Crippen LogP contribution in [0.4, 0.5) is 39.5 Å². The third-order valence-corrected chi connectivity index (χ3v) is 5.33. The fourth-order valence-corrected chi connectivity index (χ4v) is 3.38. The number of alkyl halides is 9. The van der Waals surface area contributed by atoms with E-state index in [4.69, 9.17) is 0 Å². The van der Waals surface area contributed by atoms with Gasteiger partial charge in [0.2, 0.25) is 5.16 Å². The summed E-state index contributed by atoms with van der Waals surface area (Å²) in [6.45, 7) is 1.23. The van der Waals surface area contributed by atoms with Crippen molar-refractivity contribution < 1.29 is 44.3 Å². The molecule has 1 amide bonds. The highest BCUT2D eigenvalue weighted by atomic mass is 32.2. The standard InChI is InChI=1S/C19H13F9N6OS/c1-9(13-31-16(36-19(26,27)28)34(32-13)15-29-4-3-5-30-15)33(2)14(35)10-6-11(17(20,21)22)8-12(7-10)18(23,24)25/h3-9H,1-2H3. The van der Waals surface area contributed by atoms with Gasteiger partial charge in [-0.3, -0.25) is 4.79 Å². The van der Waals surface area contributed by atoms with E-state index in [1.165, 1.54) is 25.4 Å². The summed E-state index contributed by atoms with van der Waals surface area (Å²) in [7, 11) is 1.02. The molecule has 2 aromatic heterocycles. The SMILES string of the molecule is CC(c1nc(SC(F)(F)F)n(-c2ncccn2)n1)N(C)C(=O)c1cc(C(F)(F)F)cc(C(F)(F)F)c1. The fourth-order valence-electron chi connectivity index (χ4n) is 2.82. The molecule has 0 aliphatic rings. The quantitative estimate of drug-likeness (QED) is 0.310. The van der Waals surface area contributed by atoms with Crippen LogP contribution in [0.2, 0.25) is 0 Å². The minimum Gasteiger partial charge on any atom is -0.332 e. The molecule has 0 spiro atoms. The van der Waals surface area contributed by atoms with Crippen molar-refractivity contribution in [1.29, 1.82) is 0 Å². The summed E-state index contributed by atoms with van der Waals surface area (Å²) in [6.07, 6.45) is -7.92. The number of thioether (sulfide) groups is 1. The van der Waals surface area contributed by atoms with Crippen LogP contribution in [-0.2, 0) is 12.4 Å². The zero-order valence-corrected chi connectivity index (χ0v) is 18.8. The summed E-state index contributed by atoms with van der Waals surface area (Å²) in [4.78, 5) is 24.8. The van der Waals surface area contributed by atoms with Gasteiger partial charge in [0.1, 0.15) is 0 Å². The molecule has 17 heteroatoms. The Morgan fingerprint density at radius 1 is 0.944 bits per heavy atom. The van der Waals surface area contributed by atoms with Crippen molar-refractivity contribution in [2.24, 2.45) is 0 Å². The minimum atomic E-state index is -5.18. The van der Waals surface area contributed by atoms with Gasteiger partial charge in [0, 0.05) is 36.8 Å². The highest BCUT2D eigenvalue weighted by Crippen LogP contribution is 2.38. The van der Waals surface area contributed by atoms with Gasteiger partial charge in [-0.1, -0.05) is 0 Å². The number of hydrogen-bond donors (Lipinski definition) is 0. The lowest BCUT2D eigenvalue weighted by molar-refractivity contribution is -0.143. The van der Waals surface area contributed by atoms with Crippen molar-refractivity contribution in [1.82, 2.24) is 29.6 Å². The summed E-state index contributed by atoms with van der Waals surface area (Å²) in [5, 5.41) is 3.15. The van der Waals surface area contributed by atoms with Crippen molar-refractivity contribution in [3.8, 4) is 5.95 Å². The third-order valence-electron chi connectivity index (χ3n) is 4.65. The highest BCUT2D eigenvalue weighted by molar-refractivity contribution is 8.00. The largest absolute Gasteiger partial charge is 0.449 e. The lowest BCUT2D eigenvalue weighted by Gasteiger charge is -2.23. The predicted octanol–water partition coefficient (Wildman–Crippen LogP) is 5.54. The molecule has 1 atom stereocenters. The Labute approximate surface area is 200 Å². The maximum Gasteiger partial charge on any atom is 0.449 e. The van der Waals surface area contributed by atoms with Crippen LogP contribution in [-0.4, -0.2) is 48.1 Å². The van der Waals surface area contributed by atoms with Crippen LogP contribution in [0.25, 0.3) is 5.95 Å². The minimum absolute atomic E-state index is 0.135. The normalized spacial score (nSPS) is 13.5. The number of nitrogens with zero attached hydrogens (tertiary/aromatic N) is 6. The third kappa shape index (κ3) is 6.24. The predicted molar refractivity (Wildman–Crippen MR) is 106 cm³/mol. The van der Waals surface area contributed by atoms with Gasteiger partial charge < -0.3 is 4.90 Å². The Bertz CT molecular complexity index is 1210. The van der Waals surface area contributed by atoms with Crippen molar-refractivity contribution in [3.05, 3.63) is 59.2 Å². The number of amides is 1. The van der Waals surface area contributed by atoms with Gasteiger partial charge in [-0.15, -0.1) is 5.10 Å². The Hall–Kier alpha value is -3.37. The summed E-state index contributed by atoms with van der Waals surface area (Å²) in [5.74, 6) is -1.97. The van der Waals surface area contributed by atoms with E-state index in [0.717, 1.165) is 7.05 Å². The topological polar surface area (TPSA) is 76.8 Å². The van der Waals surface area contributed by atoms with Crippen molar-refractivity contribution in [2.75, 3.05) is 7.05 Å². The summed E-state index contributed by atoms with van der Waals surface area (Å²) in [5.41, 5.74) is -9.14. The fraction of sp³-hybridized carbons (Fsp3) is 0.316. The Balaban J connectivity index is 2.00. The van der Waals surface area contributed by atoms with Crippen LogP contribution in [0.3, 0.4) is 0 Å². The van der Waals surface area contributed by atoms with Gasteiger partial charge in [0.05, 0.1) is 17.2 Å². The number of hydrogen-bond acceptors (Lipinski definition) is 6.